The Balaban J connectivity index is 2.51. The molecule has 0 aliphatic carbocycles. The lowest BCUT2D eigenvalue weighted by atomic mass is 9.96. The van der Waals surface area contributed by atoms with Crippen molar-refractivity contribution in [2.75, 3.05) is 13.2 Å². The van der Waals surface area contributed by atoms with Crippen LogP contribution in [-0.2, 0) is 42.9 Å². The van der Waals surface area contributed by atoms with Crippen LogP contribution in [0.1, 0.15) is 45.0 Å². The summed E-state index contributed by atoms with van der Waals surface area (Å²) in [7, 11) is 0. The topological polar surface area (TPSA) is 153 Å². The zero-order valence-electron chi connectivity index (χ0n) is 20.1. The number of benzene rings is 1. The van der Waals surface area contributed by atoms with Crippen LogP contribution >= 0.6 is 0 Å². The van der Waals surface area contributed by atoms with Gasteiger partial charge in [-0.3, -0.25) is 19.2 Å². The molecule has 192 valence electrons. The van der Waals surface area contributed by atoms with E-state index in [1.165, 1.54) is 26.0 Å². The number of carbonyl (C=O) groups excluding carboxylic acids is 5. The van der Waals surface area contributed by atoms with Crippen LogP contribution in [0.3, 0.4) is 0 Å². The van der Waals surface area contributed by atoms with Gasteiger partial charge in [0.25, 0.3) is 0 Å². The summed E-state index contributed by atoms with van der Waals surface area (Å²) < 4.78 is 32.8. The summed E-state index contributed by atoms with van der Waals surface area (Å²) in [6.07, 6.45) is -5.04. The number of carbonyl (C=O) groups is 5. The maximum absolute atomic E-state index is 12.4. The summed E-state index contributed by atoms with van der Waals surface area (Å²) >= 11 is 0. The molecule has 2 rings (SSSR count). The number of esters is 4. The summed E-state index contributed by atoms with van der Waals surface area (Å²) in [5, 5.41) is 2.59. The fraction of sp³-hybridized carbons (Fsp3) is 0.522. The molecule has 1 aromatic carbocycles. The number of ether oxygens (including phenoxy) is 6. The zero-order chi connectivity index (χ0) is 26.1. The van der Waals surface area contributed by atoms with Gasteiger partial charge in [0.05, 0.1) is 6.61 Å². The van der Waals surface area contributed by atoms with Gasteiger partial charge in [0, 0.05) is 27.7 Å². The number of rotatable bonds is 9. The molecule has 1 aromatic rings. The van der Waals surface area contributed by atoms with Gasteiger partial charge >= 0.3 is 23.9 Å². The van der Waals surface area contributed by atoms with Crippen LogP contribution in [-0.4, -0.2) is 73.6 Å². The van der Waals surface area contributed by atoms with Crippen LogP contribution in [0.2, 0.25) is 0 Å². The van der Waals surface area contributed by atoms with Crippen molar-refractivity contribution in [3.05, 3.63) is 29.8 Å². The predicted octanol–water partition coefficient (Wildman–Crippen LogP) is 0.898. The van der Waals surface area contributed by atoms with E-state index in [0.29, 0.717) is 0 Å². The average Bonchev–Trinajstić information content (AvgIpc) is 2.76. The van der Waals surface area contributed by atoms with Gasteiger partial charge in [0.15, 0.2) is 12.2 Å². The minimum atomic E-state index is -1.36. The summed E-state index contributed by atoms with van der Waals surface area (Å²) in [4.78, 5) is 59.6. The second kappa shape index (κ2) is 12.7. The van der Waals surface area contributed by atoms with Crippen molar-refractivity contribution in [3.63, 3.8) is 0 Å². The highest BCUT2D eigenvalue weighted by Crippen LogP contribution is 2.30. The third kappa shape index (κ3) is 7.95. The van der Waals surface area contributed by atoms with Gasteiger partial charge < -0.3 is 33.7 Å². The fourth-order valence-electron chi connectivity index (χ4n) is 3.46. The van der Waals surface area contributed by atoms with E-state index in [9.17, 15) is 24.0 Å². The number of nitrogens with one attached hydrogen (secondary N) is 1. The highest BCUT2D eigenvalue weighted by molar-refractivity contribution is 5.92. The van der Waals surface area contributed by atoms with Crippen molar-refractivity contribution in [1.29, 1.82) is 0 Å². The summed E-state index contributed by atoms with van der Waals surface area (Å²) in [6.45, 7) is 6.08. The van der Waals surface area contributed by atoms with E-state index in [2.05, 4.69) is 5.32 Å². The Labute approximate surface area is 202 Å². The van der Waals surface area contributed by atoms with Crippen LogP contribution in [0.4, 0.5) is 0 Å². The average molecular weight is 495 g/mol. The Morgan fingerprint density at radius 2 is 1.51 bits per heavy atom. The Morgan fingerprint density at radius 1 is 0.886 bits per heavy atom. The van der Waals surface area contributed by atoms with E-state index in [0.717, 1.165) is 13.8 Å². The molecule has 1 saturated heterocycles. The van der Waals surface area contributed by atoms with Gasteiger partial charge in [-0.1, -0.05) is 12.1 Å². The molecule has 12 nitrogen and oxygen atoms in total. The molecule has 1 N–H and O–H groups in total. The molecule has 0 saturated carbocycles. The third-order valence-electron chi connectivity index (χ3n) is 4.70. The second-order valence-corrected chi connectivity index (χ2v) is 7.55. The summed E-state index contributed by atoms with van der Waals surface area (Å²) in [6, 6.07) is 5.00. The number of hydrogen-bond acceptors (Lipinski definition) is 11. The first-order valence-electron chi connectivity index (χ1n) is 10.9. The Morgan fingerprint density at radius 3 is 2.09 bits per heavy atom. The van der Waals surface area contributed by atoms with Crippen molar-refractivity contribution in [2.24, 2.45) is 0 Å². The molecule has 0 bridgehead atoms. The first kappa shape index (κ1) is 27.6. The largest absolute Gasteiger partial charge is 0.463 e. The van der Waals surface area contributed by atoms with Crippen LogP contribution in [0.25, 0.3) is 0 Å². The highest BCUT2D eigenvalue weighted by atomic mass is 16.7. The van der Waals surface area contributed by atoms with Crippen molar-refractivity contribution in [3.8, 4) is 5.75 Å². The van der Waals surface area contributed by atoms with E-state index in [1.807, 2.05) is 0 Å². The molecular weight excluding hydrogens is 466 g/mol. The van der Waals surface area contributed by atoms with Gasteiger partial charge in [0.2, 0.25) is 12.2 Å². The summed E-state index contributed by atoms with van der Waals surface area (Å²) in [5.74, 6) is -3.21. The van der Waals surface area contributed by atoms with E-state index < -0.39 is 60.4 Å². The van der Waals surface area contributed by atoms with Crippen molar-refractivity contribution in [1.82, 2.24) is 5.32 Å². The quantitative estimate of drug-likeness (QED) is 0.384. The van der Waals surface area contributed by atoms with Crippen LogP contribution in [0, 0.1) is 0 Å². The van der Waals surface area contributed by atoms with Gasteiger partial charge in [-0.2, -0.15) is 0 Å². The SMILES string of the molecule is CCOC(=O)c1ccccc1O[C@H]1O[C@@H](COC(C)=O)[C@@H](OC(C)=O)[C@@H](OC(C)=O)[C@@H]1NC(C)=O. The molecule has 12 heteroatoms. The standard InChI is InChI=1S/C23H29NO11/c1-6-30-22(29)16-9-7-8-10-17(16)34-23-19(24-12(2)25)21(33-15(5)28)20(32-14(4)27)18(35-23)11-31-13(3)26/h7-10,18-21,23H,6,11H2,1-5H3,(H,24,25)/t18-,19-,20+,21-,23-/m0/s1. The molecule has 5 atom stereocenters. The van der Waals surface area contributed by atoms with Crippen molar-refractivity contribution in [2.45, 2.75) is 65.3 Å². The van der Waals surface area contributed by atoms with E-state index in [1.54, 1.807) is 19.1 Å². The van der Waals surface area contributed by atoms with Crippen LogP contribution in [0.5, 0.6) is 5.75 Å². The van der Waals surface area contributed by atoms with Gasteiger partial charge in [-0.15, -0.1) is 0 Å². The van der Waals surface area contributed by atoms with E-state index in [4.69, 9.17) is 28.4 Å². The molecular formula is C23H29NO11. The number of amides is 1. The highest BCUT2D eigenvalue weighted by Gasteiger charge is 2.52. The lowest BCUT2D eigenvalue weighted by Gasteiger charge is -2.44. The Hall–Kier alpha value is -3.67. The second-order valence-electron chi connectivity index (χ2n) is 7.55. The molecule has 1 heterocycles. The molecule has 1 fully saturated rings. The van der Waals surface area contributed by atoms with E-state index in [-0.39, 0.29) is 24.5 Å². The monoisotopic (exact) mass is 495 g/mol. The maximum Gasteiger partial charge on any atom is 0.341 e. The molecule has 35 heavy (non-hydrogen) atoms. The zero-order valence-corrected chi connectivity index (χ0v) is 20.1. The molecule has 0 aromatic heterocycles. The molecule has 1 aliphatic heterocycles. The maximum atomic E-state index is 12.4. The smallest absolute Gasteiger partial charge is 0.341 e. The fourth-order valence-corrected chi connectivity index (χ4v) is 3.46. The van der Waals surface area contributed by atoms with Gasteiger partial charge in [0.1, 0.15) is 30.1 Å². The van der Waals surface area contributed by atoms with E-state index >= 15 is 0 Å². The normalized spacial score (nSPS) is 23.4. The third-order valence-corrected chi connectivity index (χ3v) is 4.70. The van der Waals surface area contributed by atoms with Gasteiger partial charge in [-0.05, 0) is 19.1 Å². The molecule has 0 radical (unpaired) electrons. The molecule has 1 amide bonds. The molecule has 1 aliphatic rings. The Kier molecular flexibility index (Phi) is 10.0. The molecule has 0 spiro atoms. The Bertz CT molecular complexity index is 947. The molecule has 0 unspecified atom stereocenters. The summed E-state index contributed by atoms with van der Waals surface area (Å²) in [5.41, 5.74) is 0.0854. The number of hydrogen-bond donors (Lipinski definition) is 1. The lowest BCUT2D eigenvalue weighted by Crippen LogP contribution is -2.67. The number of para-hydroxylation sites is 1. The first-order valence-corrected chi connectivity index (χ1v) is 10.9. The lowest BCUT2D eigenvalue weighted by molar-refractivity contribution is -0.257. The minimum Gasteiger partial charge on any atom is -0.463 e. The van der Waals surface area contributed by atoms with Crippen LogP contribution in [0.15, 0.2) is 24.3 Å². The first-order chi connectivity index (χ1) is 16.5. The van der Waals surface area contributed by atoms with Crippen molar-refractivity contribution < 1.29 is 52.4 Å². The minimum absolute atomic E-state index is 0.0602. The van der Waals surface area contributed by atoms with Gasteiger partial charge in [-0.25, -0.2) is 4.79 Å². The van der Waals surface area contributed by atoms with Crippen molar-refractivity contribution >= 4 is 29.8 Å². The van der Waals surface area contributed by atoms with Crippen LogP contribution < -0.4 is 10.1 Å². The predicted molar refractivity (Wildman–Crippen MR) is 117 cm³/mol.